The standard InChI is InChI=1S/C15H20N6O6/c22-13(18-5-7-19(8-6-18)14(23)24)17-3-1-15(2-4-17)10-20-9-11(21(25)26)16-12(20)27-15/h9H,1-8,10H2,(H,23,24). The Morgan fingerprint density at radius 1 is 1.11 bits per heavy atom. The van der Waals surface area contributed by atoms with E-state index in [0.717, 1.165) is 0 Å². The van der Waals surface area contributed by atoms with Crippen LogP contribution in [0.3, 0.4) is 0 Å². The first-order chi connectivity index (χ1) is 12.9. The number of nitro groups is 1. The number of likely N-dealkylation sites (tertiary alicyclic amines) is 1. The third-order valence-electron chi connectivity index (χ3n) is 5.45. The number of fused-ring (bicyclic) bond motifs is 1. The zero-order valence-electron chi connectivity index (χ0n) is 14.6. The van der Waals surface area contributed by atoms with Gasteiger partial charge in [-0.15, -0.1) is 0 Å². The summed E-state index contributed by atoms with van der Waals surface area (Å²) in [5.41, 5.74) is -0.476. The number of piperazine rings is 1. The molecule has 3 aliphatic heterocycles. The molecule has 0 aromatic carbocycles. The fraction of sp³-hybridized carbons (Fsp3) is 0.667. The topological polar surface area (TPSA) is 134 Å². The van der Waals surface area contributed by atoms with Crippen LogP contribution >= 0.6 is 0 Å². The number of nitrogens with zero attached hydrogens (tertiary/aromatic N) is 6. The molecule has 1 spiro atoms. The second kappa shape index (κ2) is 6.28. The van der Waals surface area contributed by atoms with Gasteiger partial charge in [-0.1, -0.05) is 0 Å². The van der Waals surface area contributed by atoms with Gasteiger partial charge in [-0.3, -0.25) is 4.57 Å². The first-order valence-electron chi connectivity index (χ1n) is 8.79. The average molecular weight is 380 g/mol. The van der Waals surface area contributed by atoms with Gasteiger partial charge in [0.25, 0.3) is 0 Å². The average Bonchev–Trinajstić information content (AvgIpc) is 3.18. The molecule has 1 aromatic rings. The maximum Gasteiger partial charge on any atom is 0.415 e. The summed E-state index contributed by atoms with van der Waals surface area (Å²) in [6.07, 6.45) is 1.65. The molecule has 27 heavy (non-hydrogen) atoms. The van der Waals surface area contributed by atoms with E-state index in [-0.39, 0.29) is 17.9 Å². The second-order valence-electron chi connectivity index (χ2n) is 7.08. The predicted octanol–water partition coefficient (Wildman–Crippen LogP) is 0.434. The van der Waals surface area contributed by atoms with Gasteiger partial charge < -0.3 is 34.7 Å². The SMILES string of the molecule is O=C(O)N1CCN(C(=O)N2CCC3(CC2)Cn2cc([N+](=O)[O-])nc2O3)CC1. The van der Waals surface area contributed by atoms with Gasteiger partial charge in [0.2, 0.25) is 0 Å². The Bertz CT molecular complexity index is 752. The van der Waals surface area contributed by atoms with Crippen LogP contribution in [0.15, 0.2) is 6.20 Å². The number of amides is 3. The lowest BCUT2D eigenvalue weighted by Crippen LogP contribution is -2.57. The molecule has 12 heteroatoms. The van der Waals surface area contributed by atoms with E-state index in [1.165, 1.54) is 11.1 Å². The minimum absolute atomic E-state index is 0.0822. The molecule has 0 bridgehead atoms. The first kappa shape index (κ1) is 17.4. The van der Waals surface area contributed by atoms with Crippen molar-refractivity contribution in [1.82, 2.24) is 24.3 Å². The second-order valence-corrected chi connectivity index (χ2v) is 7.08. The zero-order valence-corrected chi connectivity index (χ0v) is 14.6. The van der Waals surface area contributed by atoms with E-state index in [1.807, 2.05) is 0 Å². The minimum Gasteiger partial charge on any atom is -0.465 e. The lowest BCUT2D eigenvalue weighted by atomic mass is 9.91. The molecule has 0 saturated carbocycles. The van der Waals surface area contributed by atoms with Crippen LogP contribution in [-0.4, -0.2) is 91.3 Å². The number of carboxylic acid groups (broad SMARTS) is 1. The molecule has 1 N–H and O–H groups in total. The van der Waals surface area contributed by atoms with Gasteiger partial charge in [-0.05, 0) is 4.92 Å². The molecule has 3 aliphatic rings. The maximum atomic E-state index is 12.7. The van der Waals surface area contributed by atoms with Crippen molar-refractivity contribution in [1.29, 1.82) is 0 Å². The number of rotatable bonds is 1. The Kier molecular flexibility index (Phi) is 4.04. The molecule has 12 nitrogen and oxygen atoms in total. The number of piperidine rings is 1. The van der Waals surface area contributed by atoms with Gasteiger partial charge in [-0.2, -0.15) is 0 Å². The third-order valence-corrected chi connectivity index (χ3v) is 5.45. The van der Waals surface area contributed by atoms with Crippen molar-refractivity contribution < 1.29 is 24.4 Å². The molecule has 0 atom stereocenters. The van der Waals surface area contributed by atoms with Gasteiger partial charge in [-0.25, -0.2) is 9.59 Å². The van der Waals surface area contributed by atoms with Gasteiger partial charge in [0.05, 0.1) is 6.54 Å². The number of urea groups is 1. The molecule has 0 aliphatic carbocycles. The van der Waals surface area contributed by atoms with E-state index < -0.39 is 16.6 Å². The molecular weight excluding hydrogens is 360 g/mol. The van der Waals surface area contributed by atoms with Crippen LogP contribution in [0, 0.1) is 10.1 Å². The van der Waals surface area contributed by atoms with Crippen LogP contribution < -0.4 is 4.74 Å². The van der Waals surface area contributed by atoms with Gasteiger partial charge in [0.15, 0.2) is 0 Å². The fourth-order valence-corrected chi connectivity index (χ4v) is 3.86. The highest BCUT2D eigenvalue weighted by Gasteiger charge is 2.46. The lowest BCUT2D eigenvalue weighted by molar-refractivity contribution is -0.389. The van der Waals surface area contributed by atoms with E-state index in [9.17, 15) is 19.7 Å². The van der Waals surface area contributed by atoms with E-state index in [1.54, 1.807) is 14.4 Å². The largest absolute Gasteiger partial charge is 0.465 e. The zero-order chi connectivity index (χ0) is 19.2. The molecule has 2 saturated heterocycles. The molecule has 0 radical (unpaired) electrons. The van der Waals surface area contributed by atoms with Crippen LogP contribution in [0.2, 0.25) is 0 Å². The maximum absolute atomic E-state index is 12.7. The first-order valence-corrected chi connectivity index (χ1v) is 8.79. The van der Waals surface area contributed by atoms with Crippen LogP contribution in [0.4, 0.5) is 15.4 Å². The number of carbonyl (C=O) groups is 2. The highest BCUT2D eigenvalue weighted by Crippen LogP contribution is 2.37. The quantitative estimate of drug-likeness (QED) is 0.551. The van der Waals surface area contributed by atoms with Crippen molar-refractivity contribution in [3.63, 3.8) is 0 Å². The van der Waals surface area contributed by atoms with Gasteiger partial charge in [0, 0.05) is 57.1 Å². The van der Waals surface area contributed by atoms with Crippen LogP contribution in [0.1, 0.15) is 12.8 Å². The van der Waals surface area contributed by atoms with E-state index in [2.05, 4.69) is 4.98 Å². The molecule has 2 fully saturated rings. The van der Waals surface area contributed by atoms with Crippen molar-refractivity contribution in [2.75, 3.05) is 39.3 Å². The van der Waals surface area contributed by atoms with Gasteiger partial charge >= 0.3 is 24.0 Å². The summed E-state index contributed by atoms with van der Waals surface area (Å²) in [6, 6.07) is 0.174. The van der Waals surface area contributed by atoms with Crippen molar-refractivity contribution >= 4 is 17.9 Å². The molecule has 0 unspecified atom stereocenters. The minimum atomic E-state index is -0.960. The summed E-state index contributed by atoms with van der Waals surface area (Å²) in [7, 11) is 0. The van der Waals surface area contributed by atoms with E-state index >= 15 is 0 Å². The normalized spacial score (nSPS) is 21.1. The Hall–Kier alpha value is -3.05. The Morgan fingerprint density at radius 2 is 1.70 bits per heavy atom. The molecule has 3 amide bonds. The lowest BCUT2D eigenvalue weighted by Gasteiger charge is -2.41. The van der Waals surface area contributed by atoms with Gasteiger partial charge in [0.1, 0.15) is 11.8 Å². The smallest absolute Gasteiger partial charge is 0.415 e. The Balaban J connectivity index is 1.32. The summed E-state index contributed by atoms with van der Waals surface area (Å²) in [5.74, 6) is -0.229. The molecular formula is C15H20N6O6. The highest BCUT2D eigenvalue weighted by atomic mass is 16.6. The Labute approximate surface area is 154 Å². The van der Waals surface area contributed by atoms with Crippen LogP contribution in [0.25, 0.3) is 0 Å². The van der Waals surface area contributed by atoms with Crippen molar-refractivity contribution in [2.24, 2.45) is 0 Å². The molecule has 146 valence electrons. The number of hydrogen-bond donors (Lipinski definition) is 1. The number of hydrogen-bond acceptors (Lipinski definition) is 6. The Morgan fingerprint density at radius 3 is 2.26 bits per heavy atom. The van der Waals surface area contributed by atoms with E-state index in [4.69, 9.17) is 9.84 Å². The number of carbonyl (C=O) groups excluding carboxylic acids is 1. The summed E-state index contributed by atoms with van der Waals surface area (Å²) in [6.45, 7) is 2.95. The molecule has 4 heterocycles. The van der Waals surface area contributed by atoms with Crippen molar-refractivity contribution in [3.8, 4) is 6.01 Å². The summed E-state index contributed by atoms with van der Waals surface area (Å²) >= 11 is 0. The summed E-state index contributed by atoms with van der Waals surface area (Å²) < 4.78 is 7.56. The van der Waals surface area contributed by atoms with E-state index in [0.29, 0.717) is 58.7 Å². The third kappa shape index (κ3) is 3.11. The van der Waals surface area contributed by atoms with Crippen LogP contribution in [0.5, 0.6) is 6.01 Å². The fourth-order valence-electron chi connectivity index (χ4n) is 3.86. The number of ether oxygens (including phenoxy) is 1. The number of imidazole rings is 1. The summed E-state index contributed by atoms with van der Waals surface area (Å²) in [5, 5.41) is 19.8. The highest BCUT2D eigenvalue weighted by molar-refractivity contribution is 5.75. The number of aromatic nitrogens is 2. The van der Waals surface area contributed by atoms with Crippen molar-refractivity contribution in [2.45, 2.75) is 25.0 Å². The predicted molar refractivity (Wildman–Crippen MR) is 89.6 cm³/mol. The molecule has 1 aromatic heterocycles. The van der Waals surface area contributed by atoms with Crippen LogP contribution in [-0.2, 0) is 6.54 Å². The van der Waals surface area contributed by atoms with Crippen molar-refractivity contribution in [3.05, 3.63) is 16.3 Å². The summed E-state index contributed by atoms with van der Waals surface area (Å²) in [4.78, 5) is 42.5. The monoisotopic (exact) mass is 380 g/mol. The molecule has 4 rings (SSSR count).